The van der Waals surface area contributed by atoms with E-state index in [1.165, 1.54) is 11.8 Å². The van der Waals surface area contributed by atoms with Crippen LogP contribution in [-0.2, 0) is 35.3 Å². The summed E-state index contributed by atoms with van der Waals surface area (Å²) in [6.45, 7) is 5.45. The van der Waals surface area contributed by atoms with E-state index in [0.717, 1.165) is 40.8 Å². The van der Waals surface area contributed by atoms with Gasteiger partial charge in [0.05, 0.1) is 11.8 Å². The molecule has 0 saturated heterocycles. The molecule has 0 bridgehead atoms. The van der Waals surface area contributed by atoms with Gasteiger partial charge in [0.1, 0.15) is 24.9 Å². The van der Waals surface area contributed by atoms with Crippen molar-refractivity contribution in [2.75, 3.05) is 44.4 Å². The molecule has 2 atom stereocenters. The highest BCUT2D eigenvalue weighted by Crippen LogP contribution is 2.41. The molecule has 1 aliphatic heterocycles. The number of carbonyl (C=O) groups is 6. The first-order chi connectivity index (χ1) is 28.6. The number of thioether (sulfide) groups is 1. The van der Waals surface area contributed by atoms with Crippen molar-refractivity contribution in [3.8, 4) is 11.1 Å². The lowest BCUT2D eigenvalue weighted by Crippen LogP contribution is -2.45. The number of aromatic nitrogens is 1. The van der Waals surface area contributed by atoms with Crippen molar-refractivity contribution in [3.63, 3.8) is 0 Å². The fourth-order valence-electron chi connectivity index (χ4n) is 6.08. The number of carboxylic acid groups (broad SMARTS) is 1. The molecular weight excluding hydrogens is 835 g/mol. The number of nitrogens with zero attached hydrogens (tertiary/aromatic N) is 3. The van der Waals surface area contributed by atoms with E-state index in [4.69, 9.17) is 15.6 Å². The van der Waals surface area contributed by atoms with Crippen LogP contribution >= 0.6 is 11.8 Å². The van der Waals surface area contributed by atoms with E-state index < -0.39 is 72.2 Å². The molecule has 1 aromatic heterocycles. The summed E-state index contributed by atoms with van der Waals surface area (Å²) in [7, 11) is 0. The Morgan fingerprint density at radius 1 is 0.918 bits per heavy atom. The summed E-state index contributed by atoms with van der Waals surface area (Å²) in [6.07, 6.45) is -0.883. The molecule has 4 rings (SSSR count). The van der Waals surface area contributed by atoms with Gasteiger partial charge in [-0.05, 0) is 41.7 Å². The minimum absolute atomic E-state index is 0.00829. The molecule has 5 N–H and O–H groups in total. The molecule has 61 heavy (non-hydrogen) atoms. The van der Waals surface area contributed by atoms with Crippen molar-refractivity contribution in [3.05, 3.63) is 95.8 Å². The fourth-order valence-corrected chi connectivity index (χ4v) is 6.89. The van der Waals surface area contributed by atoms with E-state index in [-0.39, 0.29) is 55.6 Å². The molecule has 13 nitrogen and oxygen atoms in total. The smallest absolute Gasteiger partial charge is 0.475 e. The topological polar surface area (TPSA) is 184 Å². The molecule has 0 saturated carbocycles. The first kappa shape index (κ1) is 49.7. The fraction of sp³-hybridized carbons (Fsp3) is 0.415. The average Bonchev–Trinajstić information content (AvgIpc) is 3.74. The van der Waals surface area contributed by atoms with E-state index in [9.17, 15) is 45.9 Å². The predicted molar refractivity (Wildman–Crippen MR) is 215 cm³/mol. The number of imide groups is 1. The van der Waals surface area contributed by atoms with E-state index >= 15 is 4.39 Å². The summed E-state index contributed by atoms with van der Waals surface area (Å²) in [5.41, 5.74) is 7.55. The Kier molecular flexibility index (Phi) is 18.6. The number of carboxylic acids is 1. The van der Waals surface area contributed by atoms with E-state index in [0.29, 0.717) is 23.6 Å². The van der Waals surface area contributed by atoms with Gasteiger partial charge in [-0.15, -0.1) is 0 Å². The first-order valence-electron chi connectivity index (χ1n) is 18.9. The van der Waals surface area contributed by atoms with Crippen LogP contribution in [0.25, 0.3) is 11.1 Å². The highest BCUT2D eigenvalue weighted by Gasteiger charge is 2.39. The van der Waals surface area contributed by atoms with Crippen molar-refractivity contribution in [1.29, 1.82) is 0 Å². The second-order valence-corrected chi connectivity index (χ2v) is 16.0. The van der Waals surface area contributed by atoms with Crippen LogP contribution in [0.5, 0.6) is 0 Å². The lowest BCUT2D eigenvalue weighted by atomic mass is 9.82. The van der Waals surface area contributed by atoms with Gasteiger partial charge in [0.25, 0.3) is 11.8 Å². The van der Waals surface area contributed by atoms with Gasteiger partial charge in [0.15, 0.2) is 0 Å². The van der Waals surface area contributed by atoms with Gasteiger partial charge < -0.3 is 30.9 Å². The van der Waals surface area contributed by atoms with Crippen molar-refractivity contribution < 1.29 is 60.2 Å². The van der Waals surface area contributed by atoms with E-state index in [1.807, 2.05) is 55.7 Å². The van der Waals surface area contributed by atoms with Crippen LogP contribution in [0.4, 0.5) is 26.3 Å². The molecular formula is C41H48F6N6O7S. The van der Waals surface area contributed by atoms with Crippen molar-refractivity contribution in [2.24, 2.45) is 11.1 Å². The van der Waals surface area contributed by atoms with Gasteiger partial charge in [0.2, 0.25) is 17.7 Å². The van der Waals surface area contributed by atoms with E-state index in [1.54, 1.807) is 17.2 Å². The zero-order chi connectivity index (χ0) is 45.5. The predicted octanol–water partition coefficient (Wildman–Crippen LogP) is 5.00. The molecule has 0 aliphatic carbocycles. The number of hydrogen-bond acceptors (Lipinski definition) is 8. The molecule has 5 amide bonds. The Morgan fingerprint density at radius 2 is 1.52 bits per heavy atom. The van der Waals surface area contributed by atoms with Gasteiger partial charge in [-0.25, -0.2) is 18.0 Å². The van der Waals surface area contributed by atoms with Gasteiger partial charge in [-0.3, -0.25) is 28.9 Å². The molecule has 0 fully saturated rings. The van der Waals surface area contributed by atoms with Crippen LogP contribution in [0, 0.1) is 17.0 Å². The van der Waals surface area contributed by atoms with Crippen LogP contribution in [-0.4, -0.2) is 112 Å². The normalized spacial score (nSPS) is 13.6. The molecule has 2 aromatic carbocycles. The molecule has 3 aromatic rings. The van der Waals surface area contributed by atoms with Crippen LogP contribution in [0.1, 0.15) is 50.9 Å². The van der Waals surface area contributed by atoms with Crippen LogP contribution in [0.2, 0.25) is 0 Å². The second-order valence-electron chi connectivity index (χ2n) is 14.9. The van der Waals surface area contributed by atoms with Crippen molar-refractivity contribution in [2.45, 2.75) is 58.4 Å². The third-order valence-electron chi connectivity index (χ3n) is 8.95. The summed E-state index contributed by atoms with van der Waals surface area (Å²) in [6, 6.07) is 13.2. The molecule has 2 unspecified atom stereocenters. The number of nitrogens with one attached hydrogen (secondary N) is 2. The molecule has 0 radical (unpaired) electrons. The largest absolute Gasteiger partial charge is 0.490 e. The van der Waals surface area contributed by atoms with E-state index in [2.05, 4.69) is 10.6 Å². The zero-order valence-electron chi connectivity index (χ0n) is 33.6. The first-order valence-corrected chi connectivity index (χ1v) is 20.0. The Bertz CT molecular complexity index is 2020. The second kappa shape index (κ2) is 22.8. The summed E-state index contributed by atoms with van der Waals surface area (Å²) < 4.78 is 76.6. The zero-order valence-corrected chi connectivity index (χ0v) is 34.5. The standard InChI is InChI=1S/C39H47F3N6O5S.C2HF3O2/c1-39(2,3)38(32-19-27(30-20-28(41)9-10-31(30)42)23-46(32)22-26-7-5-4-6-8-26)47(17-13-29(43)21-40)37(53)25-54-18-14-33(49)44-15-16-45-34(50)24-48-35(51)11-12-36(48)52;3-2(4,5)1(6)7/h4-12,19-20,23,29,38H,13-18,21-22,24-25,43H2,1-3H3,(H,44,49)(H,45,50);(H,6,7). The van der Waals surface area contributed by atoms with Crippen molar-refractivity contribution in [1.82, 2.24) is 25.0 Å². The number of alkyl halides is 4. The van der Waals surface area contributed by atoms with Gasteiger partial charge in [-0.1, -0.05) is 51.1 Å². The maximum absolute atomic E-state index is 15.1. The monoisotopic (exact) mass is 882 g/mol. The van der Waals surface area contributed by atoms with Gasteiger partial charge in [0, 0.05) is 79.6 Å². The maximum atomic E-state index is 15.1. The minimum Gasteiger partial charge on any atom is -0.475 e. The lowest BCUT2D eigenvalue weighted by molar-refractivity contribution is -0.192. The highest BCUT2D eigenvalue weighted by atomic mass is 32.2. The van der Waals surface area contributed by atoms with Crippen molar-refractivity contribution >= 4 is 47.3 Å². The van der Waals surface area contributed by atoms with Gasteiger partial charge >= 0.3 is 12.1 Å². The average molecular weight is 883 g/mol. The Labute approximate surface area is 352 Å². The Hall–Kier alpha value is -5.63. The number of hydrogen-bond donors (Lipinski definition) is 4. The quantitative estimate of drug-likeness (QED) is 0.0732. The number of rotatable bonds is 19. The summed E-state index contributed by atoms with van der Waals surface area (Å²) in [5, 5.41) is 12.4. The Morgan fingerprint density at radius 3 is 2.10 bits per heavy atom. The third kappa shape index (κ3) is 15.7. The lowest BCUT2D eigenvalue weighted by Gasteiger charge is -2.41. The molecule has 1 aliphatic rings. The number of benzene rings is 2. The molecule has 20 heteroatoms. The number of carbonyl (C=O) groups excluding carboxylic acids is 5. The Balaban J connectivity index is 0.00000130. The molecule has 0 spiro atoms. The molecule has 332 valence electrons. The van der Waals surface area contributed by atoms with Crippen LogP contribution in [0.3, 0.4) is 0 Å². The van der Waals surface area contributed by atoms with Crippen LogP contribution < -0.4 is 16.4 Å². The maximum Gasteiger partial charge on any atom is 0.490 e. The third-order valence-corrected chi connectivity index (χ3v) is 9.89. The number of nitrogens with two attached hydrogens (primary N) is 1. The SMILES string of the molecule is CC(C)(C)C(c1cc(-c2cc(F)ccc2F)cn1Cc1ccccc1)N(CCC(N)CF)C(=O)CSCCC(=O)NCCNC(=O)CN1C(=O)C=CC1=O.O=C(O)C(F)(F)F. The minimum atomic E-state index is -5.08. The highest BCUT2D eigenvalue weighted by molar-refractivity contribution is 7.99. The van der Waals surface area contributed by atoms with Crippen LogP contribution in [0.15, 0.2) is 72.9 Å². The number of aliphatic carboxylic acids is 1. The number of halogens is 6. The summed E-state index contributed by atoms with van der Waals surface area (Å²) in [5.74, 6) is -5.85. The summed E-state index contributed by atoms with van der Waals surface area (Å²) >= 11 is 1.26. The molecule has 2 heterocycles. The van der Waals surface area contributed by atoms with Gasteiger partial charge in [-0.2, -0.15) is 24.9 Å². The number of amides is 5. The summed E-state index contributed by atoms with van der Waals surface area (Å²) in [4.78, 5) is 73.2.